The van der Waals surface area contributed by atoms with Gasteiger partial charge in [0.15, 0.2) is 0 Å². The second-order valence-corrected chi connectivity index (χ2v) is 12.0. The molecule has 1 amide bonds. The summed E-state index contributed by atoms with van der Waals surface area (Å²) in [5.41, 5.74) is 2.20. The Labute approximate surface area is 289 Å². The third-order valence-corrected chi connectivity index (χ3v) is 7.90. The SMILES string of the molecule is CN(C)Cc1cccc(-c2c(-c3cnn(C)c3)oc3ncnc(Oc4ccc(NC(=O)c5cn(C)c(=O)n(-c6ccc(F)cn6)c5=O)cc4)c23)c1. The predicted molar refractivity (Wildman–Crippen MR) is 186 cm³/mol. The zero-order valence-corrected chi connectivity index (χ0v) is 27.9. The lowest BCUT2D eigenvalue weighted by Crippen LogP contribution is -2.41. The van der Waals surface area contributed by atoms with Crippen LogP contribution in [-0.4, -0.2) is 58.8 Å². The first-order valence-corrected chi connectivity index (χ1v) is 15.6. The van der Waals surface area contributed by atoms with Gasteiger partial charge in [-0.15, -0.1) is 0 Å². The summed E-state index contributed by atoms with van der Waals surface area (Å²) >= 11 is 0. The van der Waals surface area contributed by atoms with Crippen LogP contribution in [-0.2, 0) is 20.6 Å². The van der Waals surface area contributed by atoms with Crippen molar-refractivity contribution in [3.05, 3.63) is 130 Å². The molecule has 7 aromatic rings. The van der Waals surface area contributed by atoms with Crippen LogP contribution < -0.4 is 21.3 Å². The van der Waals surface area contributed by atoms with Crippen LogP contribution in [0.25, 0.3) is 39.4 Å². The maximum atomic E-state index is 13.4. The van der Waals surface area contributed by atoms with Crippen molar-refractivity contribution < 1.29 is 18.3 Å². The molecular formula is C36H30FN9O5. The zero-order valence-electron chi connectivity index (χ0n) is 27.9. The van der Waals surface area contributed by atoms with E-state index < -0.39 is 23.0 Å². The Hall–Kier alpha value is -6.74. The van der Waals surface area contributed by atoms with Crippen molar-refractivity contribution in [3.8, 4) is 39.9 Å². The monoisotopic (exact) mass is 687 g/mol. The minimum Gasteiger partial charge on any atom is -0.438 e. The number of aromatic nitrogens is 7. The van der Waals surface area contributed by atoms with Crippen LogP contribution in [0.4, 0.5) is 10.1 Å². The van der Waals surface area contributed by atoms with E-state index in [9.17, 15) is 18.8 Å². The van der Waals surface area contributed by atoms with E-state index in [1.165, 1.54) is 19.4 Å². The molecule has 1 N–H and O–H groups in total. The molecule has 0 saturated heterocycles. The first-order chi connectivity index (χ1) is 24.5. The van der Waals surface area contributed by atoms with E-state index in [2.05, 4.69) is 42.4 Å². The van der Waals surface area contributed by atoms with Gasteiger partial charge in [0.05, 0.1) is 18.0 Å². The van der Waals surface area contributed by atoms with Crippen LogP contribution in [0.15, 0.2) is 106 Å². The van der Waals surface area contributed by atoms with Crippen LogP contribution >= 0.6 is 0 Å². The number of anilines is 1. The molecular weight excluding hydrogens is 657 g/mol. The highest BCUT2D eigenvalue weighted by Gasteiger charge is 2.25. The lowest BCUT2D eigenvalue weighted by molar-refractivity contribution is 0.102. The minimum absolute atomic E-state index is 0.119. The van der Waals surface area contributed by atoms with Gasteiger partial charge in [-0.2, -0.15) is 5.10 Å². The van der Waals surface area contributed by atoms with Crippen LogP contribution in [0, 0.1) is 5.82 Å². The molecule has 256 valence electrons. The summed E-state index contributed by atoms with van der Waals surface area (Å²) in [6.07, 6.45) is 6.94. The molecule has 0 unspecified atom stereocenters. The highest BCUT2D eigenvalue weighted by atomic mass is 19.1. The summed E-state index contributed by atoms with van der Waals surface area (Å²) < 4.78 is 29.5. The lowest BCUT2D eigenvalue weighted by Gasteiger charge is -2.12. The van der Waals surface area contributed by atoms with Crippen LogP contribution in [0.5, 0.6) is 11.6 Å². The number of amides is 1. The topological polar surface area (TPSA) is 155 Å². The van der Waals surface area contributed by atoms with Gasteiger partial charge in [0, 0.05) is 44.3 Å². The van der Waals surface area contributed by atoms with Gasteiger partial charge in [0.25, 0.3) is 11.5 Å². The molecule has 0 saturated carbocycles. The summed E-state index contributed by atoms with van der Waals surface area (Å²) in [6, 6.07) is 16.8. The maximum Gasteiger partial charge on any atom is 0.336 e. The minimum atomic E-state index is -0.906. The molecule has 2 aromatic carbocycles. The molecule has 0 fully saturated rings. The fourth-order valence-electron chi connectivity index (χ4n) is 5.64. The third kappa shape index (κ3) is 6.52. The van der Waals surface area contributed by atoms with E-state index in [4.69, 9.17) is 9.15 Å². The van der Waals surface area contributed by atoms with Crippen molar-refractivity contribution in [1.82, 2.24) is 38.8 Å². The summed E-state index contributed by atoms with van der Waals surface area (Å²) in [4.78, 5) is 54.0. The van der Waals surface area contributed by atoms with Gasteiger partial charge in [0.2, 0.25) is 11.6 Å². The summed E-state index contributed by atoms with van der Waals surface area (Å²) in [6.45, 7) is 0.735. The number of nitrogens with zero attached hydrogens (tertiary/aromatic N) is 8. The summed E-state index contributed by atoms with van der Waals surface area (Å²) in [5.74, 6) is -0.304. The molecule has 14 nitrogen and oxygen atoms in total. The Bertz CT molecular complexity index is 2530. The Balaban J connectivity index is 1.20. The van der Waals surface area contributed by atoms with Gasteiger partial charge in [-0.1, -0.05) is 18.2 Å². The first kappa shape index (κ1) is 32.8. The van der Waals surface area contributed by atoms with Crippen molar-refractivity contribution in [1.29, 1.82) is 0 Å². The van der Waals surface area contributed by atoms with E-state index in [0.29, 0.717) is 32.9 Å². The summed E-state index contributed by atoms with van der Waals surface area (Å²) in [7, 11) is 7.23. The highest BCUT2D eigenvalue weighted by molar-refractivity contribution is 6.04. The number of pyridine rings is 1. The van der Waals surface area contributed by atoms with Crippen molar-refractivity contribution in [2.75, 3.05) is 19.4 Å². The Kier molecular flexibility index (Phi) is 8.54. The average molecular weight is 688 g/mol. The van der Waals surface area contributed by atoms with Crippen molar-refractivity contribution in [2.24, 2.45) is 14.1 Å². The van der Waals surface area contributed by atoms with Crippen LogP contribution in [0.2, 0.25) is 0 Å². The lowest BCUT2D eigenvalue weighted by atomic mass is 9.99. The van der Waals surface area contributed by atoms with Gasteiger partial charge in [-0.05, 0) is 67.7 Å². The molecule has 5 aromatic heterocycles. The fraction of sp³-hybridized carbons (Fsp3) is 0.139. The van der Waals surface area contributed by atoms with E-state index in [1.807, 2.05) is 39.5 Å². The number of hydrogen-bond donors (Lipinski definition) is 1. The molecule has 0 aliphatic rings. The van der Waals surface area contributed by atoms with Gasteiger partial charge in [-0.25, -0.2) is 28.7 Å². The number of hydrogen-bond acceptors (Lipinski definition) is 10. The van der Waals surface area contributed by atoms with Gasteiger partial charge >= 0.3 is 5.69 Å². The van der Waals surface area contributed by atoms with E-state index in [0.717, 1.165) is 51.8 Å². The number of carbonyl (C=O) groups excluding carboxylic acids is 1. The average Bonchev–Trinajstić information content (AvgIpc) is 3.72. The quantitative estimate of drug-likeness (QED) is 0.224. The molecule has 5 heterocycles. The van der Waals surface area contributed by atoms with Gasteiger partial charge in [-0.3, -0.25) is 14.3 Å². The number of ether oxygens (including phenoxy) is 1. The van der Waals surface area contributed by atoms with Crippen molar-refractivity contribution in [3.63, 3.8) is 0 Å². The second kappa shape index (κ2) is 13.3. The molecule has 15 heteroatoms. The van der Waals surface area contributed by atoms with Gasteiger partial charge in [0.1, 0.15) is 40.4 Å². The Morgan fingerprint density at radius 3 is 2.47 bits per heavy atom. The smallest absolute Gasteiger partial charge is 0.336 e. The largest absolute Gasteiger partial charge is 0.438 e. The molecule has 0 bridgehead atoms. The Morgan fingerprint density at radius 2 is 1.76 bits per heavy atom. The number of fused-ring (bicyclic) bond motifs is 1. The number of halogens is 1. The number of nitrogens with one attached hydrogen (secondary N) is 1. The van der Waals surface area contributed by atoms with Crippen molar-refractivity contribution >= 4 is 22.7 Å². The number of rotatable bonds is 9. The molecule has 7 rings (SSSR count). The third-order valence-electron chi connectivity index (χ3n) is 7.90. The normalized spacial score (nSPS) is 11.3. The number of furan rings is 1. The molecule has 0 atom stereocenters. The summed E-state index contributed by atoms with van der Waals surface area (Å²) in [5, 5.41) is 7.57. The number of carbonyl (C=O) groups is 1. The first-order valence-electron chi connectivity index (χ1n) is 15.6. The molecule has 51 heavy (non-hydrogen) atoms. The molecule has 0 aliphatic carbocycles. The fourth-order valence-corrected chi connectivity index (χ4v) is 5.64. The van der Waals surface area contributed by atoms with Crippen molar-refractivity contribution in [2.45, 2.75) is 6.54 Å². The second-order valence-electron chi connectivity index (χ2n) is 12.0. The maximum absolute atomic E-state index is 13.4. The van der Waals surface area contributed by atoms with E-state index in [-0.39, 0.29) is 17.3 Å². The number of aryl methyl sites for hydroxylation is 2. The van der Waals surface area contributed by atoms with Crippen LogP contribution in [0.3, 0.4) is 0 Å². The molecule has 0 spiro atoms. The number of benzene rings is 2. The van der Waals surface area contributed by atoms with Gasteiger partial charge < -0.3 is 23.9 Å². The Morgan fingerprint density at radius 1 is 0.961 bits per heavy atom. The molecule has 0 aliphatic heterocycles. The zero-order chi connectivity index (χ0) is 35.8. The standard InChI is InChI=1S/C36H30FN9O5/c1-43(2)17-21-6-5-7-22(14-21)29-30-33(39-20-40-34(30)51-31(29)23-15-41-45(4)18-23)50-26-11-9-25(10-12-26)42-32(47)27-19-44(3)36(49)46(35(27)48)28-13-8-24(37)16-38-28/h5-16,18-20H,17H2,1-4H3,(H,42,47). The molecule has 0 radical (unpaired) electrons. The van der Waals surface area contributed by atoms with Crippen LogP contribution in [0.1, 0.15) is 15.9 Å². The van der Waals surface area contributed by atoms with E-state index >= 15 is 0 Å². The highest BCUT2D eigenvalue weighted by Crippen LogP contribution is 2.44. The predicted octanol–water partition coefficient (Wildman–Crippen LogP) is 4.78. The van der Waals surface area contributed by atoms with E-state index in [1.54, 1.807) is 35.1 Å².